The van der Waals surface area contributed by atoms with Crippen molar-refractivity contribution in [3.05, 3.63) is 29.8 Å². The van der Waals surface area contributed by atoms with Gasteiger partial charge in [0.05, 0.1) is 0 Å². The summed E-state index contributed by atoms with van der Waals surface area (Å²) < 4.78 is 0. The third-order valence-corrected chi connectivity index (χ3v) is 1.13. The molecule has 68 valence electrons. The number of carbonyl (C=O) groups is 1. The van der Waals surface area contributed by atoms with E-state index >= 15 is 0 Å². The van der Waals surface area contributed by atoms with Crippen molar-refractivity contribution in [2.24, 2.45) is 0 Å². The molecule has 0 aliphatic carbocycles. The van der Waals surface area contributed by atoms with E-state index in [4.69, 9.17) is 23.0 Å². The number of hydrogen-bond donors (Lipinski definition) is 2. The second-order valence-electron chi connectivity index (χ2n) is 1.92. The maximum absolute atomic E-state index is 10.3. The number of hydrogen-bond acceptors (Lipinski definition) is 2. The molecule has 0 aromatic heterocycles. The van der Waals surface area contributed by atoms with Crippen LogP contribution in [0.1, 0.15) is 10.4 Å². The molecular weight excluding hydrogens is 243 g/mol. The average Bonchev–Trinajstić information content (AvgIpc) is 2.06. The Labute approximate surface area is 99.0 Å². The van der Waals surface area contributed by atoms with Crippen LogP contribution in [-0.2, 0) is 0 Å². The van der Waals surface area contributed by atoms with E-state index in [1.54, 1.807) is 12.1 Å². The quantitative estimate of drug-likeness (QED) is 0.749. The number of para-hydroxylation sites is 1. The molecule has 0 fully saturated rings. The van der Waals surface area contributed by atoms with Gasteiger partial charge in [0.25, 0.3) is 0 Å². The van der Waals surface area contributed by atoms with Gasteiger partial charge in [-0.15, -0.1) is 0 Å². The summed E-state index contributed by atoms with van der Waals surface area (Å²) in [4.78, 5) is 10.3. The molecule has 6 heteroatoms. The molecule has 0 saturated carbocycles. The van der Waals surface area contributed by atoms with Crippen molar-refractivity contribution in [3.63, 3.8) is 0 Å². The Morgan fingerprint density at radius 3 is 2.08 bits per heavy atom. The molecule has 0 aliphatic heterocycles. The molecule has 0 bridgehead atoms. The summed E-state index contributed by atoms with van der Waals surface area (Å²) in [6.45, 7) is 0. The molecule has 3 nitrogen and oxygen atoms in total. The Morgan fingerprint density at radius 1 is 1.31 bits per heavy atom. The average molecular weight is 249 g/mol. The molecule has 0 saturated heterocycles. The molecule has 1 aromatic carbocycles. The van der Waals surface area contributed by atoms with Crippen LogP contribution in [0.5, 0.6) is 5.75 Å². The van der Waals surface area contributed by atoms with Gasteiger partial charge in [0.1, 0.15) is 11.3 Å². The number of rotatable bonds is 1. The fourth-order valence-corrected chi connectivity index (χ4v) is 0.654. The fraction of sp³-hybridized carbons (Fsp3) is 0. The van der Waals surface area contributed by atoms with E-state index in [0.717, 1.165) is 0 Å². The standard InChI is InChI=1S/C7H6O3.Ca.2ClH/c8-6-4-2-1-3-5(6)7(9)10;;;/h1-4,8H,(H,9,10);;2*1H/q;+2;;/p-2. The SMILES string of the molecule is O=C(O)c1ccccc1O.[Cl][Ca][Cl]. The summed E-state index contributed by atoms with van der Waals surface area (Å²) in [7, 11) is 0. The molecule has 0 radical (unpaired) electrons. The second-order valence-corrected chi connectivity index (χ2v) is 5.57. The van der Waals surface area contributed by atoms with Crippen molar-refractivity contribution < 1.29 is 15.0 Å². The van der Waals surface area contributed by atoms with Crippen molar-refractivity contribution in [1.82, 2.24) is 0 Å². The van der Waals surface area contributed by atoms with Gasteiger partial charge >= 0.3 is 49.6 Å². The van der Waals surface area contributed by atoms with Crippen LogP contribution in [0.3, 0.4) is 0 Å². The van der Waals surface area contributed by atoms with E-state index in [2.05, 4.69) is 0 Å². The number of aromatic hydroxyl groups is 1. The van der Waals surface area contributed by atoms with Crippen molar-refractivity contribution in [2.75, 3.05) is 0 Å². The number of carboxylic acid groups (broad SMARTS) is 1. The van der Waals surface area contributed by atoms with Gasteiger partial charge in [-0.05, 0) is 12.1 Å². The second kappa shape index (κ2) is 7.71. The van der Waals surface area contributed by atoms with Crippen LogP contribution >= 0.6 is 12.8 Å². The van der Waals surface area contributed by atoms with Crippen LogP contribution in [-0.4, -0.2) is 47.0 Å². The van der Waals surface area contributed by atoms with Gasteiger partial charge in [0.2, 0.25) is 0 Å². The number of halogens is 2. The first-order chi connectivity index (χ1) is 6.13. The summed E-state index contributed by atoms with van der Waals surface area (Å²) in [5, 5.41) is 17.3. The fourth-order valence-electron chi connectivity index (χ4n) is 0.654. The van der Waals surface area contributed by atoms with Gasteiger partial charge in [0.15, 0.2) is 0 Å². The summed E-state index contributed by atoms with van der Waals surface area (Å²) in [6, 6.07) is 5.81. The Bertz CT molecular complexity index is 280. The molecule has 0 amide bonds. The number of phenols is 1. The number of benzene rings is 1. The molecule has 1 rings (SSSR count). The summed E-state index contributed by atoms with van der Waals surface area (Å²) >= 11 is -0.931. The predicted octanol–water partition coefficient (Wildman–Crippen LogP) is 2.09. The van der Waals surface area contributed by atoms with E-state index < -0.39 is 36.8 Å². The third kappa shape index (κ3) is 5.60. The molecule has 13 heavy (non-hydrogen) atoms. The van der Waals surface area contributed by atoms with Gasteiger partial charge in [-0.1, -0.05) is 12.1 Å². The monoisotopic (exact) mass is 248 g/mol. The summed E-state index contributed by atoms with van der Waals surface area (Å²) in [6.07, 6.45) is 9.90. The molecule has 1 aromatic rings. The van der Waals surface area contributed by atoms with Gasteiger partial charge < -0.3 is 10.2 Å². The Kier molecular flexibility index (Phi) is 7.90. The Balaban J connectivity index is 0.000000424. The van der Waals surface area contributed by atoms with E-state index in [-0.39, 0.29) is 11.3 Å². The van der Waals surface area contributed by atoms with E-state index in [1.807, 2.05) is 0 Å². The zero-order valence-electron chi connectivity index (χ0n) is 6.58. The Morgan fingerprint density at radius 2 is 1.77 bits per heavy atom. The molecule has 0 heterocycles. The van der Waals surface area contributed by atoms with E-state index in [9.17, 15) is 4.79 Å². The van der Waals surface area contributed by atoms with Crippen LogP contribution in [0.4, 0.5) is 0 Å². The normalized spacial score (nSPS) is 7.85. The minimum atomic E-state index is -1.11. The first-order valence-corrected chi connectivity index (χ1v) is 9.34. The molecule has 0 atom stereocenters. The summed E-state index contributed by atoms with van der Waals surface area (Å²) in [5.74, 6) is -1.31. The predicted molar refractivity (Wildman–Crippen MR) is 52.5 cm³/mol. The van der Waals surface area contributed by atoms with Crippen molar-refractivity contribution in [3.8, 4) is 5.75 Å². The van der Waals surface area contributed by atoms with Crippen LogP contribution in [0.15, 0.2) is 24.3 Å². The molecule has 0 unspecified atom stereocenters. The van der Waals surface area contributed by atoms with E-state index in [0.29, 0.717) is 0 Å². The van der Waals surface area contributed by atoms with Crippen molar-refractivity contribution in [1.29, 1.82) is 0 Å². The third-order valence-electron chi connectivity index (χ3n) is 1.13. The minimum absolute atomic E-state index is 0.0671. The number of carboxylic acids is 1. The topological polar surface area (TPSA) is 57.5 Å². The van der Waals surface area contributed by atoms with Crippen molar-refractivity contribution >= 4 is 49.6 Å². The zero-order chi connectivity index (χ0) is 10.3. The van der Waals surface area contributed by atoms with Crippen LogP contribution < -0.4 is 0 Å². The Hall–Kier alpha value is 0.330. The van der Waals surface area contributed by atoms with Gasteiger partial charge in [-0.2, -0.15) is 0 Å². The first kappa shape index (κ1) is 13.3. The number of aromatic carboxylic acids is 1. The van der Waals surface area contributed by atoms with Crippen LogP contribution in [0, 0.1) is 0 Å². The van der Waals surface area contributed by atoms with E-state index in [1.165, 1.54) is 12.1 Å². The zero-order valence-corrected chi connectivity index (χ0v) is 10.3. The van der Waals surface area contributed by atoms with Crippen LogP contribution in [0.25, 0.3) is 0 Å². The van der Waals surface area contributed by atoms with Gasteiger partial charge in [-0.25, -0.2) is 4.79 Å². The van der Waals surface area contributed by atoms with Crippen molar-refractivity contribution in [2.45, 2.75) is 0 Å². The van der Waals surface area contributed by atoms with Crippen LogP contribution in [0.2, 0.25) is 0 Å². The first-order valence-electron chi connectivity index (χ1n) is 3.26. The molecule has 0 spiro atoms. The summed E-state index contributed by atoms with van der Waals surface area (Å²) in [5.41, 5.74) is -0.0671. The van der Waals surface area contributed by atoms with Gasteiger partial charge in [0, 0.05) is 0 Å². The molecular formula is C7H6CaCl2O3. The van der Waals surface area contributed by atoms with Gasteiger partial charge in [-0.3, -0.25) is 0 Å². The molecule has 0 aliphatic rings. The maximum atomic E-state index is 10.3. The molecule has 2 N–H and O–H groups in total.